The molecule has 2 N–H and O–H groups in total. The second-order valence-corrected chi connectivity index (χ2v) is 4.70. The molecule has 1 amide bonds. The van der Waals surface area contributed by atoms with Gasteiger partial charge in [-0.25, -0.2) is 4.98 Å². The van der Waals surface area contributed by atoms with Crippen molar-refractivity contribution in [3.05, 3.63) is 70.1 Å². The van der Waals surface area contributed by atoms with Gasteiger partial charge in [0, 0.05) is 22.8 Å². The Morgan fingerprint density at radius 1 is 1.14 bits per heavy atom. The van der Waals surface area contributed by atoms with Crippen molar-refractivity contribution in [1.82, 2.24) is 9.97 Å². The molecule has 104 valence electrons. The number of para-hydroxylation sites is 1. The molecule has 3 aromatic rings. The van der Waals surface area contributed by atoms with E-state index in [1.54, 1.807) is 30.3 Å². The number of hydrogen-bond acceptors (Lipinski definition) is 3. The fourth-order valence-electron chi connectivity index (χ4n) is 2.13. The first kappa shape index (κ1) is 13.1. The van der Waals surface area contributed by atoms with Gasteiger partial charge in [-0.2, -0.15) is 0 Å². The summed E-state index contributed by atoms with van der Waals surface area (Å²) in [6.45, 7) is 1.83. The standard InChI is InChI=1S/C16H13N3O2/c1-10-5-4-8-14(18-10)19-16(21)12-9-17-13-7-3-2-6-11(13)15(12)20/h2-9H,1H3,(H,17,20)(H,18,19,21). The van der Waals surface area contributed by atoms with Crippen LogP contribution in [0.15, 0.2) is 53.5 Å². The maximum atomic E-state index is 12.3. The van der Waals surface area contributed by atoms with Gasteiger partial charge in [0.25, 0.3) is 5.91 Å². The van der Waals surface area contributed by atoms with Crippen LogP contribution >= 0.6 is 0 Å². The van der Waals surface area contributed by atoms with Crippen LogP contribution in [0.4, 0.5) is 5.82 Å². The van der Waals surface area contributed by atoms with Gasteiger partial charge in [-0.3, -0.25) is 9.59 Å². The Balaban J connectivity index is 1.99. The zero-order valence-corrected chi connectivity index (χ0v) is 11.4. The number of fused-ring (bicyclic) bond motifs is 1. The maximum Gasteiger partial charge on any atom is 0.262 e. The van der Waals surface area contributed by atoms with E-state index in [9.17, 15) is 9.59 Å². The van der Waals surface area contributed by atoms with E-state index in [4.69, 9.17) is 0 Å². The smallest absolute Gasteiger partial charge is 0.262 e. The minimum Gasteiger partial charge on any atom is -0.360 e. The first-order valence-electron chi connectivity index (χ1n) is 6.50. The molecule has 0 aliphatic rings. The van der Waals surface area contributed by atoms with Crippen LogP contribution < -0.4 is 10.7 Å². The van der Waals surface area contributed by atoms with Gasteiger partial charge in [0.15, 0.2) is 0 Å². The van der Waals surface area contributed by atoms with Crippen molar-refractivity contribution in [2.45, 2.75) is 6.92 Å². The van der Waals surface area contributed by atoms with E-state index in [1.165, 1.54) is 6.20 Å². The number of carbonyl (C=O) groups is 1. The van der Waals surface area contributed by atoms with Crippen molar-refractivity contribution >= 4 is 22.6 Å². The Bertz CT molecular complexity index is 884. The van der Waals surface area contributed by atoms with Crippen LogP contribution in [0.2, 0.25) is 0 Å². The summed E-state index contributed by atoms with van der Waals surface area (Å²) < 4.78 is 0. The molecule has 0 saturated heterocycles. The van der Waals surface area contributed by atoms with E-state index < -0.39 is 5.91 Å². The number of carbonyl (C=O) groups excluding carboxylic acids is 1. The highest BCUT2D eigenvalue weighted by atomic mass is 16.2. The lowest BCUT2D eigenvalue weighted by atomic mass is 10.1. The van der Waals surface area contributed by atoms with Gasteiger partial charge in [-0.15, -0.1) is 0 Å². The predicted octanol–water partition coefficient (Wildman–Crippen LogP) is 2.48. The zero-order chi connectivity index (χ0) is 14.8. The summed E-state index contributed by atoms with van der Waals surface area (Å²) in [5.74, 6) is -0.0485. The Morgan fingerprint density at radius 3 is 2.76 bits per heavy atom. The van der Waals surface area contributed by atoms with Crippen LogP contribution in [0.25, 0.3) is 10.9 Å². The first-order chi connectivity index (χ1) is 10.1. The Kier molecular flexibility index (Phi) is 3.23. The summed E-state index contributed by atoms with van der Waals surface area (Å²) in [4.78, 5) is 31.7. The quantitative estimate of drug-likeness (QED) is 0.756. The molecule has 0 aliphatic carbocycles. The summed E-state index contributed by atoms with van der Waals surface area (Å²) in [5.41, 5.74) is 1.26. The van der Waals surface area contributed by atoms with Gasteiger partial charge in [0.2, 0.25) is 5.43 Å². The van der Waals surface area contributed by atoms with E-state index in [-0.39, 0.29) is 11.0 Å². The number of nitrogens with one attached hydrogen (secondary N) is 2. The molecule has 2 heterocycles. The number of rotatable bonds is 2. The lowest BCUT2D eigenvalue weighted by Gasteiger charge is -2.05. The highest BCUT2D eigenvalue weighted by Gasteiger charge is 2.13. The van der Waals surface area contributed by atoms with Gasteiger partial charge < -0.3 is 10.3 Å². The van der Waals surface area contributed by atoms with Gasteiger partial charge in [0.05, 0.1) is 0 Å². The third-order valence-electron chi connectivity index (χ3n) is 3.16. The number of H-pyrrole nitrogens is 1. The summed E-state index contributed by atoms with van der Waals surface area (Å²) in [6.07, 6.45) is 1.43. The fourth-order valence-corrected chi connectivity index (χ4v) is 2.13. The molecular formula is C16H13N3O2. The van der Waals surface area contributed by atoms with E-state index in [0.717, 1.165) is 5.69 Å². The van der Waals surface area contributed by atoms with Crippen molar-refractivity contribution in [2.24, 2.45) is 0 Å². The largest absolute Gasteiger partial charge is 0.360 e. The zero-order valence-electron chi connectivity index (χ0n) is 11.4. The second kappa shape index (κ2) is 5.20. The van der Waals surface area contributed by atoms with Crippen LogP contribution in [0.3, 0.4) is 0 Å². The Labute approximate surface area is 120 Å². The lowest BCUT2D eigenvalue weighted by Crippen LogP contribution is -2.22. The number of aromatic nitrogens is 2. The minimum atomic E-state index is -0.472. The molecule has 0 saturated carbocycles. The molecule has 0 radical (unpaired) electrons. The fraction of sp³-hybridized carbons (Fsp3) is 0.0625. The number of amides is 1. The summed E-state index contributed by atoms with van der Waals surface area (Å²) >= 11 is 0. The number of benzene rings is 1. The van der Waals surface area contributed by atoms with Crippen molar-refractivity contribution < 1.29 is 4.79 Å². The van der Waals surface area contributed by atoms with Gasteiger partial charge >= 0.3 is 0 Å². The lowest BCUT2D eigenvalue weighted by molar-refractivity contribution is 0.102. The second-order valence-electron chi connectivity index (χ2n) is 4.70. The molecule has 21 heavy (non-hydrogen) atoms. The predicted molar refractivity (Wildman–Crippen MR) is 81.5 cm³/mol. The SMILES string of the molecule is Cc1cccc(NC(=O)c2c[nH]c3ccccc3c2=O)n1. The van der Waals surface area contributed by atoms with Gasteiger partial charge in [-0.05, 0) is 31.2 Å². The molecule has 0 atom stereocenters. The highest BCUT2D eigenvalue weighted by Crippen LogP contribution is 2.09. The Morgan fingerprint density at radius 2 is 1.95 bits per heavy atom. The maximum absolute atomic E-state index is 12.3. The summed E-state index contributed by atoms with van der Waals surface area (Å²) in [6, 6.07) is 12.4. The van der Waals surface area contributed by atoms with Crippen molar-refractivity contribution in [3.63, 3.8) is 0 Å². The molecule has 0 spiro atoms. The van der Waals surface area contributed by atoms with Crippen LogP contribution in [-0.2, 0) is 0 Å². The molecular weight excluding hydrogens is 266 g/mol. The molecule has 0 bridgehead atoms. The molecule has 5 nitrogen and oxygen atoms in total. The normalized spacial score (nSPS) is 10.5. The van der Waals surface area contributed by atoms with Crippen molar-refractivity contribution in [1.29, 1.82) is 0 Å². The third kappa shape index (κ3) is 2.53. The third-order valence-corrected chi connectivity index (χ3v) is 3.16. The van der Waals surface area contributed by atoms with Crippen molar-refractivity contribution in [3.8, 4) is 0 Å². The van der Waals surface area contributed by atoms with E-state index in [0.29, 0.717) is 16.7 Å². The molecule has 0 fully saturated rings. The van der Waals surface area contributed by atoms with E-state index in [2.05, 4.69) is 15.3 Å². The summed E-state index contributed by atoms with van der Waals surface area (Å²) in [5, 5.41) is 3.12. The summed E-state index contributed by atoms with van der Waals surface area (Å²) in [7, 11) is 0. The molecule has 5 heteroatoms. The van der Waals surface area contributed by atoms with E-state index in [1.807, 2.05) is 19.1 Å². The number of aryl methyl sites for hydroxylation is 1. The average molecular weight is 279 g/mol. The average Bonchev–Trinajstić information content (AvgIpc) is 2.48. The van der Waals surface area contributed by atoms with Gasteiger partial charge in [-0.1, -0.05) is 18.2 Å². The van der Waals surface area contributed by atoms with Crippen LogP contribution in [-0.4, -0.2) is 15.9 Å². The van der Waals surface area contributed by atoms with Crippen molar-refractivity contribution in [2.75, 3.05) is 5.32 Å². The van der Waals surface area contributed by atoms with Crippen LogP contribution in [0.1, 0.15) is 16.1 Å². The first-order valence-corrected chi connectivity index (χ1v) is 6.50. The number of anilines is 1. The number of pyridine rings is 2. The number of aromatic amines is 1. The number of nitrogens with zero attached hydrogens (tertiary/aromatic N) is 1. The molecule has 3 rings (SSSR count). The number of hydrogen-bond donors (Lipinski definition) is 2. The molecule has 1 aromatic carbocycles. The topological polar surface area (TPSA) is 74.8 Å². The highest BCUT2D eigenvalue weighted by molar-refractivity contribution is 6.05. The minimum absolute atomic E-state index is 0.0667. The molecule has 0 unspecified atom stereocenters. The monoisotopic (exact) mass is 279 g/mol. The van der Waals surface area contributed by atoms with Crippen LogP contribution in [0.5, 0.6) is 0 Å². The Hall–Kier alpha value is -2.95. The van der Waals surface area contributed by atoms with E-state index >= 15 is 0 Å². The molecule has 2 aromatic heterocycles. The van der Waals surface area contributed by atoms with Gasteiger partial charge in [0.1, 0.15) is 11.4 Å². The van der Waals surface area contributed by atoms with Crippen LogP contribution in [0, 0.1) is 6.92 Å². The molecule has 0 aliphatic heterocycles.